The molecule has 0 aliphatic carbocycles. The number of aromatic nitrogens is 4. The molecule has 1 N–H and O–H groups in total. The lowest BCUT2D eigenvalue weighted by molar-refractivity contribution is 0.454. The number of aryl methyl sites for hydroxylation is 1. The Morgan fingerprint density at radius 2 is 2.12 bits per heavy atom. The van der Waals surface area contributed by atoms with Crippen LogP contribution in [0.5, 0.6) is 5.88 Å². The van der Waals surface area contributed by atoms with Crippen molar-refractivity contribution in [3.63, 3.8) is 0 Å². The molecule has 0 fully saturated rings. The van der Waals surface area contributed by atoms with Gasteiger partial charge in [0.1, 0.15) is 0 Å². The fourth-order valence-corrected chi connectivity index (χ4v) is 1.83. The van der Waals surface area contributed by atoms with Crippen LogP contribution in [0.25, 0.3) is 22.0 Å². The highest BCUT2D eigenvalue weighted by Crippen LogP contribution is 2.27. The van der Waals surface area contributed by atoms with Crippen molar-refractivity contribution in [2.24, 2.45) is 7.05 Å². The summed E-state index contributed by atoms with van der Waals surface area (Å²) < 4.78 is 1.72. The minimum atomic E-state index is -0.00404. The van der Waals surface area contributed by atoms with Crippen LogP contribution in [0.2, 0.25) is 0 Å². The van der Waals surface area contributed by atoms with E-state index in [1.54, 1.807) is 29.3 Å². The average Bonchev–Trinajstić information content (AvgIpc) is 2.75. The number of nitrogens with zero attached hydrogens (tertiary/aromatic N) is 4. The summed E-state index contributed by atoms with van der Waals surface area (Å²) in [5.41, 5.74) is 1.72. The maximum atomic E-state index is 9.45. The summed E-state index contributed by atoms with van der Waals surface area (Å²) in [5.74, 6) is -0.00404. The highest BCUT2D eigenvalue weighted by atomic mass is 16.3. The molecule has 0 bridgehead atoms. The number of hydrogen-bond donors (Lipinski definition) is 1. The molecule has 0 unspecified atom stereocenters. The molecule has 0 radical (unpaired) electrons. The second-order valence-corrected chi connectivity index (χ2v) is 3.83. The number of rotatable bonds is 1. The van der Waals surface area contributed by atoms with Crippen LogP contribution in [0.1, 0.15) is 0 Å². The van der Waals surface area contributed by atoms with Gasteiger partial charge in [-0.05, 0) is 6.07 Å². The molecule has 0 spiro atoms. The Hall–Kier alpha value is -2.43. The van der Waals surface area contributed by atoms with Gasteiger partial charge in [0.2, 0.25) is 5.88 Å². The van der Waals surface area contributed by atoms with E-state index in [1.165, 1.54) is 0 Å². The third-order valence-electron chi connectivity index (χ3n) is 2.61. The topological polar surface area (TPSA) is 63.8 Å². The fourth-order valence-electron chi connectivity index (χ4n) is 1.83. The summed E-state index contributed by atoms with van der Waals surface area (Å²) in [6, 6.07) is 3.48. The molecule has 0 atom stereocenters. The third kappa shape index (κ3) is 1.61. The lowest BCUT2D eigenvalue weighted by Crippen LogP contribution is -1.86. The van der Waals surface area contributed by atoms with Gasteiger partial charge in [-0.15, -0.1) is 0 Å². The van der Waals surface area contributed by atoms with E-state index >= 15 is 0 Å². The number of fused-ring (bicyclic) bond motifs is 1. The van der Waals surface area contributed by atoms with E-state index in [-0.39, 0.29) is 5.88 Å². The smallest absolute Gasteiger partial charge is 0.211 e. The highest BCUT2D eigenvalue weighted by molar-refractivity contribution is 5.94. The van der Waals surface area contributed by atoms with Gasteiger partial charge in [0.05, 0.1) is 11.9 Å². The molecule has 84 valence electrons. The lowest BCUT2D eigenvalue weighted by Gasteiger charge is -2.03. The summed E-state index contributed by atoms with van der Waals surface area (Å²) in [7, 11) is 1.85. The van der Waals surface area contributed by atoms with E-state index in [0.29, 0.717) is 0 Å². The first-order valence-electron chi connectivity index (χ1n) is 5.17. The lowest BCUT2D eigenvalue weighted by atomic mass is 10.1. The second-order valence-electron chi connectivity index (χ2n) is 3.83. The van der Waals surface area contributed by atoms with Crippen molar-refractivity contribution in [3.05, 3.63) is 36.9 Å². The van der Waals surface area contributed by atoms with Crippen molar-refractivity contribution < 1.29 is 5.11 Å². The normalized spacial score (nSPS) is 10.9. The molecule has 0 aliphatic rings. The van der Waals surface area contributed by atoms with Crippen LogP contribution in [-0.2, 0) is 7.05 Å². The molecule has 5 nitrogen and oxygen atoms in total. The zero-order valence-corrected chi connectivity index (χ0v) is 9.20. The summed E-state index contributed by atoms with van der Waals surface area (Å²) in [5, 5.41) is 15.4. The van der Waals surface area contributed by atoms with Crippen LogP contribution < -0.4 is 0 Å². The fraction of sp³-hybridized carbons (Fsp3) is 0.0833. The first-order valence-corrected chi connectivity index (χ1v) is 5.17. The van der Waals surface area contributed by atoms with Gasteiger partial charge >= 0.3 is 0 Å². The summed E-state index contributed by atoms with van der Waals surface area (Å²) in [6.45, 7) is 0. The quantitative estimate of drug-likeness (QED) is 0.686. The average molecular weight is 226 g/mol. The third-order valence-corrected chi connectivity index (χ3v) is 2.61. The SMILES string of the molecule is Cn1cc(-c2nccc3cnc(O)cc23)cn1. The number of aromatic hydroxyl groups is 1. The van der Waals surface area contributed by atoms with Gasteiger partial charge < -0.3 is 5.11 Å². The minimum absolute atomic E-state index is 0.00404. The number of hydrogen-bond acceptors (Lipinski definition) is 4. The molecule has 3 rings (SSSR count). The maximum absolute atomic E-state index is 9.45. The van der Waals surface area contributed by atoms with Crippen LogP contribution in [-0.4, -0.2) is 24.9 Å². The molecule has 0 saturated carbocycles. The van der Waals surface area contributed by atoms with Crippen molar-refractivity contribution in [2.75, 3.05) is 0 Å². The standard InChI is InChI=1S/C12H10N4O/c1-16-7-9(6-15-16)12-10-4-11(17)14-5-8(10)2-3-13-12/h2-7H,1H3,(H,14,17). The van der Waals surface area contributed by atoms with Crippen molar-refractivity contribution in [2.45, 2.75) is 0 Å². The molecule has 0 saturated heterocycles. The van der Waals surface area contributed by atoms with Crippen LogP contribution >= 0.6 is 0 Å². The van der Waals surface area contributed by atoms with Crippen molar-refractivity contribution in [1.82, 2.24) is 19.7 Å². The largest absolute Gasteiger partial charge is 0.493 e. The Kier molecular flexibility index (Phi) is 2.04. The van der Waals surface area contributed by atoms with E-state index in [1.807, 2.05) is 19.3 Å². The summed E-state index contributed by atoms with van der Waals surface area (Å²) in [6.07, 6.45) is 6.99. The predicted molar refractivity (Wildman–Crippen MR) is 63.4 cm³/mol. The molecule has 0 aliphatic heterocycles. The van der Waals surface area contributed by atoms with Gasteiger partial charge in [-0.25, -0.2) is 4.98 Å². The zero-order valence-electron chi connectivity index (χ0n) is 9.20. The van der Waals surface area contributed by atoms with Crippen molar-refractivity contribution in [1.29, 1.82) is 0 Å². The van der Waals surface area contributed by atoms with Crippen molar-refractivity contribution in [3.8, 4) is 17.1 Å². The first-order chi connectivity index (χ1) is 8.24. The molecule has 0 amide bonds. The molecular weight excluding hydrogens is 216 g/mol. The molecule has 0 aromatic carbocycles. The van der Waals surface area contributed by atoms with Crippen molar-refractivity contribution >= 4 is 10.8 Å². The van der Waals surface area contributed by atoms with Gasteiger partial charge in [-0.1, -0.05) is 0 Å². The van der Waals surface area contributed by atoms with Gasteiger partial charge in [0.25, 0.3) is 0 Å². The first kappa shape index (κ1) is 9.77. The Balaban J connectivity index is 2.32. The Morgan fingerprint density at radius 1 is 1.24 bits per heavy atom. The van der Waals surface area contributed by atoms with E-state index < -0.39 is 0 Å². The zero-order chi connectivity index (χ0) is 11.8. The maximum Gasteiger partial charge on any atom is 0.211 e. The van der Waals surface area contributed by atoms with Crippen LogP contribution in [0.4, 0.5) is 0 Å². The van der Waals surface area contributed by atoms with Gasteiger partial charge in [-0.2, -0.15) is 5.10 Å². The molecular formula is C12H10N4O. The predicted octanol–water partition coefficient (Wildman–Crippen LogP) is 1.74. The minimum Gasteiger partial charge on any atom is -0.493 e. The number of pyridine rings is 2. The highest BCUT2D eigenvalue weighted by Gasteiger charge is 2.08. The van der Waals surface area contributed by atoms with Gasteiger partial charge in [0, 0.05) is 48.0 Å². The van der Waals surface area contributed by atoms with E-state index in [0.717, 1.165) is 22.0 Å². The van der Waals surface area contributed by atoms with Gasteiger partial charge in [0.15, 0.2) is 0 Å². The molecule has 3 aromatic rings. The van der Waals surface area contributed by atoms with E-state index in [9.17, 15) is 5.11 Å². The molecule has 17 heavy (non-hydrogen) atoms. The van der Waals surface area contributed by atoms with E-state index in [2.05, 4.69) is 15.1 Å². The summed E-state index contributed by atoms with van der Waals surface area (Å²) in [4.78, 5) is 8.19. The van der Waals surface area contributed by atoms with E-state index in [4.69, 9.17) is 0 Å². The Labute approximate surface area is 97.4 Å². The Bertz CT molecular complexity index is 690. The van der Waals surface area contributed by atoms with Gasteiger partial charge in [-0.3, -0.25) is 9.67 Å². The molecule has 3 heterocycles. The Morgan fingerprint density at radius 3 is 2.88 bits per heavy atom. The summed E-state index contributed by atoms with van der Waals surface area (Å²) >= 11 is 0. The van der Waals surface area contributed by atoms with Crippen LogP contribution in [0, 0.1) is 0 Å². The van der Waals surface area contributed by atoms with Crippen LogP contribution in [0.15, 0.2) is 36.9 Å². The molecule has 5 heteroatoms. The second kappa shape index (κ2) is 3.55. The molecule has 3 aromatic heterocycles. The monoisotopic (exact) mass is 226 g/mol. The van der Waals surface area contributed by atoms with Crippen LogP contribution in [0.3, 0.4) is 0 Å².